The van der Waals surface area contributed by atoms with Crippen molar-refractivity contribution in [2.24, 2.45) is 15.6 Å². The number of hydrogen-bond donors (Lipinski definition) is 1. The first-order valence-corrected chi connectivity index (χ1v) is 6.23. The summed E-state index contributed by atoms with van der Waals surface area (Å²) in [6.45, 7) is 4.32. The van der Waals surface area contributed by atoms with Crippen molar-refractivity contribution in [3.05, 3.63) is 27.7 Å². The number of aromatic nitrogens is 2. The maximum Gasteiger partial charge on any atom is 0.264 e. The summed E-state index contributed by atoms with van der Waals surface area (Å²) in [5.74, 6) is 0. The Hall–Kier alpha value is -1.98. The number of fused-ring (bicyclic) bond motifs is 1. The predicted molar refractivity (Wildman–Crippen MR) is 75.7 cm³/mol. The van der Waals surface area contributed by atoms with Crippen LogP contribution in [0.3, 0.4) is 0 Å². The molecule has 1 N–H and O–H groups in total. The van der Waals surface area contributed by atoms with Crippen LogP contribution in [0, 0.1) is 5.41 Å². The Kier molecular flexibility index (Phi) is 3.50. The molecule has 6 heteroatoms. The zero-order valence-corrected chi connectivity index (χ0v) is 11.8. The van der Waals surface area contributed by atoms with Crippen LogP contribution in [0.5, 0.6) is 0 Å². The monoisotopic (exact) mass is 261 g/mol. The Labute approximate surface area is 112 Å². The largest absolute Gasteiger partial charge is 0.367 e. The highest BCUT2D eigenvalue weighted by atomic mass is 16.1. The molecule has 0 aliphatic heterocycles. The Morgan fingerprint density at radius 2 is 2.16 bits per heavy atom. The third kappa shape index (κ3) is 3.27. The van der Waals surface area contributed by atoms with Gasteiger partial charge in [0.05, 0.1) is 11.4 Å². The smallest absolute Gasteiger partial charge is 0.264 e. The SMILES string of the molecule is CN(C)/C=N/N=C1\CC(C)(C)Cc2n[nH]c(=O)cc21. The van der Waals surface area contributed by atoms with Crippen molar-refractivity contribution in [1.82, 2.24) is 15.1 Å². The van der Waals surface area contributed by atoms with Gasteiger partial charge >= 0.3 is 0 Å². The van der Waals surface area contributed by atoms with E-state index in [-0.39, 0.29) is 11.0 Å². The van der Waals surface area contributed by atoms with E-state index in [1.54, 1.807) is 12.4 Å². The van der Waals surface area contributed by atoms with Gasteiger partial charge in [0.15, 0.2) is 0 Å². The molecule has 19 heavy (non-hydrogen) atoms. The summed E-state index contributed by atoms with van der Waals surface area (Å²) < 4.78 is 0. The molecule has 1 aliphatic rings. The van der Waals surface area contributed by atoms with Crippen molar-refractivity contribution >= 4 is 12.1 Å². The van der Waals surface area contributed by atoms with E-state index in [2.05, 4.69) is 34.2 Å². The van der Waals surface area contributed by atoms with Crippen molar-refractivity contribution in [2.45, 2.75) is 26.7 Å². The van der Waals surface area contributed by atoms with Gasteiger partial charge in [-0.25, -0.2) is 5.10 Å². The first-order chi connectivity index (χ1) is 8.87. The second kappa shape index (κ2) is 4.95. The van der Waals surface area contributed by atoms with Crippen LogP contribution in [0.25, 0.3) is 0 Å². The van der Waals surface area contributed by atoms with E-state index < -0.39 is 0 Å². The molecule has 0 spiro atoms. The fourth-order valence-corrected chi connectivity index (χ4v) is 2.17. The van der Waals surface area contributed by atoms with Gasteiger partial charge in [-0.2, -0.15) is 10.2 Å². The first kappa shape index (κ1) is 13.5. The normalized spacial score (nSPS) is 19.7. The Bertz CT molecular complexity index is 583. The number of hydrogen-bond acceptors (Lipinski definition) is 4. The summed E-state index contributed by atoms with van der Waals surface area (Å²) in [6.07, 6.45) is 3.25. The van der Waals surface area contributed by atoms with E-state index in [0.717, 1.165) is 29.8 Å². The van der Waals surface area contributed by atoms with Gasteiger partial charge in [0.1, 0.15) is 6.34 Å². The highest BCUT2D eigenvalue weighted by molar-refractivity contribution is 6.02. The van der Waals surface area contributed by atoms with Gasteiger partial charge in [-0.15, -0.1) is 5.10 Å². The van der Waals surface area contributed by atoms with Gasteiger partial charge in [0.25, 0.3) is 5.56 Å². The van der Waals surface area contributed by atoms with Gasteiger partial charge in [0, 0.05) is 25.7 Å². The van der Waals surface area contributed by atoms with Crippen molar-refractivity contribution in [1.29, 1.82) is 0 Å². The number of H-pyrrole nitrogens is 1. The van der Waals surface area contributed by atoms with Gasteiger partial charge in [0.2, 0.25) is 0 Å². The Morgan fingerprint density at radius 3 is 2.84 bits per heavy atom. The maximum absolute atomic E-state index is 11.4. The fourth-order valence-electron chi connectivity index (χ4n) is 2.17. The highest BCUT2D eigenvalue weighted by Crippen LogP contribution is 2.33. The maximum atomic E-state index is 11.4. The fraction of sp³-hybridized carbons (Fsp3) is 0.538. The molecule has 0 saturated heterocycles. The molecule has 0 radical (unpaired) electrons. The summed E-state index contributed by atoms with van der Waals surface area (Å²) in [5.41, 5.74) is 2.39. The molecule has 1 aliphatic carbocycles. The average molecular weight is 261 g/mol. The lowest BCUT2D eigenvalue weighted by Crippen LogP contribution is -2.30. The summed E-state index contributed by atoms with van der Waals surface area (Å²) in [5, 5.41) is 14.9. The third-order valence-corrected chi connectivity index (χ3v) is 2.95. The zero-order valence-electron chi connectivity index (χ0n) is 11.8. The van der Waals surface area contributed by atoms with Gasteiger partial charge in [-0.3, -0.25) is 4.79 Å². The van der Waals surface area contributed by atoms with Crippen LogP contribution < -0.4 is 5.56 Å². The molecule has 1 aromatic rings. The van der Waals surface area contributed by atoms with Gasteiger partial charge in [-0.1, -0.05) is 13.8 Å². The molecule has 0 bridgehead atoms. The number of nitrogens with zero attached hydrogens (tertiary/aromatic N) is 4. The summed E-state index contributed by atoms with van der Waals surface area (Å²) in [6, 6.07) is 1.56. The van der Waals surface area contributed by atoms with Crippen LogP contribution >= 0.6 is 0 Å². The van der Waals surface area contributed by atoms with Crippen molar-refractivity contribution in [3.8, 4) is 0 Å². The van der Waals surface area contributed by atoms with Crippen LogP contribution in [-0.4, -0.2) is 41.2 Å². The lowest BCUT2D eigenvalue weighted by molar-refractivity contribution is 0.365. The minimum atomic E-state index is -0.206. The molecular weight excluding hydrogens is 242 g/mol. The second-order valence-corrected chi connectivity index (χ2v) is 5.85. The molecule has 102 valence electrons. The van der Waals surface area contributed by atoms with Crippen LogP contribution in [0.1, 0.15) is 31.5 Å². The topological polar surface area (TPSA) is 73.7 Å². The molecule has 0 aromatic carbocycles. The minimum Gasteiger partial charge on any atom is -0.367 e. The number of nitrogens with one attached hydrogen (secondary N) is 1. The molecule has 0 unspecified atom stereocenters. The molecule has 0 amide bonds. The first-order valence-electron chi connectivity index (χ1n) is 6.23. The summed E-state index contributed by atoms with van der Waals surface area (Å²) in [4.78, 5) is 13.2. The summed E-state index contributed by atoms with van der Waals surface area (Å²) >= 11 is 0. The predicted octanol–water partition coefficient (Wildman–Crippen LogP) is 1.04. The highest BCUT2D eigenvalue weighted by Gasteiger charge is 2.31. The lowest BCUT2D eigenvalue weighted by atomic mass is 9.75. The molecule has 1 heterocycles. The van der Waals surface area contributed by atoms with E-state index in [0.29, 0.717) is 0 Å². The second-order valence-electron chi connectivity index (χ2n) is 5.85. The molecule has 1 aromatic heterocycles. The molecular formula is C13H19N5O. The van der Waals surface area contributed by atoms with Crippen molar-refractivity contribution < 1.29 is 0 Å². The number of aromatic amines is 1. The third-order valence-electron chi connectivity index (χ3n) is 2.95. The molecule has 0 saturated carbocycles. The minimum absolute atomic E-state index is 0.0741. The van der Waals surface area contributed by atoms with E-state index in [9.17, 15) is 4.79 Å². The van der Waals surface area contributed by atoms with Gasteiger partial charge < -0.3 is 4.90 Å². The van der Waals surface area contributed by atoms with E-state index in [1.807, 2.05) is 19.0 Å². The van der Waals surface area contributed by atoms with E-state index in [4.69, 9.17) is 0 Å². The summed E-state index contributed by atoms with van der Waals surface area (Å²) in [7, 11) is 3.77. The Morgan fingerprint density at radius 1 is 1.42 bits per heavy atom. The molecule has 2 rings (SSSR count). The number of rotatable bonds is 2. The molecule has 0 fully saturated rings. The van der Waals surface area contributed by atoms with Crippen LogP contribution in [0.4, 0.5) is 0 Å². The van der Waals surface area contributed by atoms with Crippen molar-refractivity contribution in [2.75, 3.05) is 14.1 Å². The molecule has 6 nitrogen and oxygen atoms in total. The van der Waals surface area contributed by atoms with E-state index >= 15 is 0 Å². The quantitative estimate of drug-likeness (QED) is 0.491. The van der Waals surface area contributed by atoms with Crippen LogP contribution in [-0.2, 0) is 6.42 Å². The van der Waals surface area contributed by atoms with Crippen LogP contribution in [0.15, 0.2) is 21.1 Å². The lowest BCUT2D eigenvalue weighted by Gasteiger charge is -2.30. The standard InChI is InChI=1S/C13H19N5O/c1-13(2)6-10(15-14-8-18(3)4)9-5-12(19)17-16-11(9)7-13/h5,8H,6-7H2,1-4H3,(H,17,19)/b14-8+,15-10+. The molecule has 0 atom stereocenters. The van der Waals surface area contributed by atoms with Gasteiger partial charge in [-0.05, 0) is 18.3 Å². The van der Waals surface area contributed by atoms with Crippen molar-refractivity contribution in [3.63, 3.8) is 0 Å². The average Bonchev–Trinajstić information content (AvgIpc) is 2.28. The zero-order chi connectivity index (χ0) is 14.0. The van der Waals surface area contributed by atoms with Crippen LogP contribution in [0.2, 0.25) is 0 Å². The Balaban J connectivity index is 2.44. The van der Waals surface area contributed by atoms with E-state index in [1.165, 1.54) is 0 Å².